The second-order valence-electron chi connectivity index (χ2n) is 3.35. The van der Waals surface area contributed by atoms with Gasteiger partial charge in [0.25, 0.3) is 0 Å². The van der Waals surface area contributed by atoms with Crippen LogP contribution in [0.1, 0.15) is 5.56 Å². The van der Waals surface area contributed by atoms with Crippen molar-refractivity contribution in [2.45, 2.75) is 5.66 Å². The molecule has 0 aromatic heterocycles. The van der Waals surface area contributed by atoms with E-state index >= 15 is 0 Å². The second-order valence-corrected chi connectivity index (χ2v) is 4.16. The van der Waals surface area contributed by atoms with Crippen molar-refractivity contribution in [3.8, 4) is 0 Å². The van der Waals surface area contributed by atoms with Gasteiger partial charge in [-0.2, -0.15) is 0 Å². The molecule has 0 spiro atoms. The van der Waals surface area contributed by atoms with Crippen molar-refractivity contribution in [1.29, 1.82) is 0 Å². The summed E-state index contributed by atoms with van der Waals surface area (Å²) >= 11 is 11.5. The van der Waals surface area contributed by atoms with E-state index in [0.29, 0.717) is 10.7 Å². The lowest BCUT2D eigenvalue weighted by Gasteiger charge is -2.25. The smallest absolute Gasteiger partial charge is 0.157 e. The molecule has 3 nitrogen and oxygen atoms in total. The molecule has 84 valence electrons. The Labute approximate surface area is 102 Å². The molecule has 0 bridgehead atoms. The number of halogens is 3. The van der Waals surface area contributed by atoms with Gasteiger partial charge in [-0.15, -0.1) is 0 Å². The Bertz CT molecular complexity index is 487. The first-order valence-electron chi connectivity index (χ1n) is 4.44. The Hall–Kier alpha value is -1.10. The van der Waals surface area contributed by atoms with E-state index < -0.39 is 11.5 Å². The number of benzene rings is 1. The minimum absolute atomic E-state index is 0.000537. The van der Waals surface area contributed by atoms with Crippen LogP contribution in [0.2, 0.25) is 5.02 Å². The minimum Gasteiger partial charge on any atom is -0.337 e. The van der Waals surface area contributed by atoms with Crippen LogP contribution in [0.4, 0.5) is 4.39 Å². The molecule has 0 amide bonds. The maximum Gasteiger partial charge on any atom is 0.157 e. The van der Waals surface area contributed by atoms with E-state index in [1.54, 1.807) is 0 Å². The van der Waals surface area contributed by atoms with E-state index in [9.17, 15) is 4.39 Å². The van der Waals surface area contributed by atoms with Gasteiger partial charge in [0.05, 0.1) is 11.4 Å². The van der Waals surface area contributed by atoms with Crippen LogP contribution in [0.5, 0.6) is 0 Å². The standard InChI is InChI=1S/C10H8Cl2FN3/c11-7-3-6(1-2-8(7)13)10(14)4-9(12)15-5-16-10/h1-5H,14H2,(H,15,16). The van der Waals surface area contributed by atoms with Crippen LogP contribution < -0.4 is 11.1 Å². The largest absolute Gasteiger partial charge is 0.337 e. The Morgan fingerprint density at radius 2 is 2.12 bits per heavy atom. The van der Waals surface area contributed by atoms with Crippen LogP contribution in [0.3, 0.4) is 0 Å². The highest BCUT2D eigenvalue weighted by atomic mass is 35.5. The number of nitrogens with zero attached hydrogens (tertiary/aromatic N) is 1. The number of rotatable bonds is 1. The fourth-order valence-corrected chi connectivity index (χ4v) is 1.77. The molecule has 6 heteroatoms. The highest BCUT2D eigenvalue weighted by Gasteiger charge is 2.26. The van der Waals surface area contributed by atoms with Crippen LogP contribution in [0, 0.1) is 5.82 Å². The quantitative estimate of drug-likeness (QED) is 0.761. The minimum atomic E-state index is -1.11. The molecule has 0 aliphatic carbocycles. The molecule has 0 fully saturated rings. The number of hydrogen-bond acceptors (Lipinski definition) is 3. The Morgan fingerprint density at radius 1 is 1.38 bits per heavy atom. The highest BCUT2D eigenvalue weighted by Crippen LogP contribution is 2.28. The zero-order valence-corrected chi connectivity index (χ0v) is 9.56. The van der Waals surface area contributed by atoms with Crippen molar-refractivity contribution in [1.82, 2.24) is 5.32 Å². The van der Waals surface area contributed by atoms with Gasteiger partial charge in [0, 0.05) is 0 Å². The predicted octanol–water partition coefficient (Wildman–Crippen LogP) is 2.30. The van der Waals surface area contributed by atoms with Gasteiger partial charge in [0.2, 0.25) is 0 Å². The summed E-state index contributed by atoms with van der Waals surface area (Å²) in [5.74, 6) is -0.498. The third kappa shape index (κ3) is 2.04. The second kappa shape index (κ2) is 4.05. The Kier molecular flexibility index (Phi) is 2.88. The van der Waals surface area contributed by atoms with Crippen LogP contribution >= 0.6 is 23.2 Å². The van der Waals surface area contributed by atoms with Crippen LogP contribution in [0.15, 0.2) is 34.4 Å². The summed E-state index contributed by atoms with van der Waals surface area (Å²) in [5.41, 5.74) is 5.46. The van der Waals surface area contributed by atoms with Crippen molar-refractivity contribution in [2.24, 2.45) is 10.7 Å². The molecule has 1 aliphatic heterocycles. The maximum absolute atomic E-state index is 13.0. The molecule has 1 heterocycles. The fourth-order valence-electron chi connectivity index (χ4n) is 1.38. The van der Waals surface area contributed by atoms with Crippen LogP contribution in [-0.4, -0.2) is 6.34 Å². The van der Waals surface area contributed by atoms with E-state index in [4.69, 9.17) is 28.9 Å². The van der Waals surface area contributed by atoms with Gasteiger partial charge in [0.15, 0.2) is 5.66 Å². The van der Waals surface area contributed by atoms with Gasteiger partial charge in [-0.1, -0.05) is 29.3 Å². The van der Waals surface area contributed by atoms with E-state index in [2.05, 4.69) is 10.3 Å². The summed E-state index contributed by atoms with van der Waals surface area (Å²) in [6, 6.07) is 4.19. The summed E-state index contributed by atoms with van der Waals surface area (Å²) in [4.78, 5) is 4.05. The third-order valence-electron chi connectivity index (χ3n) is 2.21. The van der Waals surface area contributed by atoms with Crippen molar-refractivity contribution in [3.05, 3.63) is 45.8 Å². The number of nitrogens with two attached hydrogens (primary N) is 1. The molecule has 1 aromatic carbocycles. The van der Waals surface area contributed by atoms with Crippen LogP contribution in [-0.2, 0) is 5.66 Å². The lowest BCUT2D eigenvalue weighted by Crippen LogP contribution is -2.37. The number of nitrogens with one attached hydrogen (secondary N) is 1. The first-order chi connectivity index (χ1) is 7.51. The van der Waals surface area contributed by atoms with Gasteiger partial charge in [0.1, 0.15) is 11.0 Å². The molecule has 16 heavy (non-hydrogen) atoms. The average molecular weight is 260 g/mol. The highest BCUT2D eigenvalue weighted by molar-refractivity contribution is 6.31. The molecule has 0 radical (unpaired) electrons. The van der Waals surface area contributed by atoms with Gasteiger partial charge >= 0.3 is 0 Å². The topological polar surface area (TPSA) is 50.4 Å². The molecule has 0 saturated heterocycles. The van der Waals surface area contributed by atoms with Gasteiger partial charge < -0.3 is 5.32 Å². The van der Waals surface area contributed by atoms with Gasteiger partial charge in [-0.05, 0) is 23.8 Å². The molecular weight excluding hydrogens is 252 g/mol. The summed E-state index contributed by atoms with van der Waals surface area (Å²) in [6.07, 6.45) is 2.91. The van der Waals surface area contributed by atoms with E-state index in [1.807, 2.05) is 0 Å². The van der Waals surface area contributed by atoms with Gasteiger partial charge in [-0.3, -0.25) is 5.73 Å². The van der Waals surface area contributed by atoms with Crippen LogP contribution in [0.25, 0.3) is 0 Å². The van der Waals surface area contributed by atoms with E-state index in [0.717, 1.165) is 0 Å². The maximum atomic E-state index is 13.0. The lowest BCUT2D eigenvalue weighted by molar-refractivity contribution is 0.579. The van der Waals surface area contributed by atoms with E-state index in [-0.39, 0.29) is 5.02 Å². The molecule has 1 atom stereocenters. The summed E-state index contributed by atoms with van der Waals surface area (Å²) in [5, 5.41) is 3.04. The molecule has 0 saturated carbocycles. The molecule has 1 aromatic rings. The van der Waals surface area contributed by atoms with Crippen molar-refractivity contribution >= 4 is 29.5 Å². The van der Waals surface area contributed by atoms with E-state index in [1.165, 1.54) is 30.6 Å². The normalized spacial score (nSPS) is 23.9. The number of hydrogen-bond donors (Lipinski definition) is 2. The molecule has 1 aliphatic rings. The van der Waals surface area contributed by atoms with Crippen molar-refractivity contribution in [3.63, 3.8) is 0 Å². The molecule has 2 rings (SSSR count). The predicted molar refractivity (Wildman–Crippen MR) is 62.8 cm³/mol. The molecule has 1 unspecified atom stereocenters. The number of aliphatic imine (C=N–C) groups is 1. The first kappa shape index (κ1) is 11.4. The Morgan fingerprint density at radius 3 is 2.75 bits per heavy atom. The average Bonchev–Trinajstić information content (AvgIpc) is 2.21. The summed E-state index contributed by atoms with van der Waals surface area (Å²) in [6.45, 7) is 0. The molecule has 3 N–H and O–H groups in total. The summed E-state index contributed by atoms with van der Waals surface area (Å²) in [7, 11) is 0. The Balaban J connectivity index is 2.47. The lowest BCUT2D eigenvalue weighted by atomic mass is 10.0. The van der Waals surface area contributed by atoms with Crippen molar-refractivity contribution in [2.75, 3.05) is 0 Å². The fraction of sp³-hybridized carbons (Fsp3) is 0.100. The zero-order chi connectivity index (χ0) is 11.8. The zero-order valence-electron chi connectivity index (χ0n) is 8.05. The SMILES string of the molecule is NC1(c2ccc(F)c(Cl)c2)C=C(Cl)NC=N1. The first-order valence-corrected chi connectivity index (χ1v) is 5.20. The monoisotopic (exact) mass is 259 g/mol. The van der Waals surface area contributed by atoms with Crippen molar-refractivity contribution < 1.29 is 4.39 Å². The van der Waals surface area contributed by atoms with Gasteiger partial charge in [-0.25, -0.2) is 9.38 Å². The summed E-state index contributed by atoms with van der Waals surface area (Å²) < 4.78 is 13.0. The molecular formula is C10H8Cl2FN3. The third-order valence-corrected chi connectivity index (χ3v) is 2.72.